The fraction of sp³-hybridized carbons (Fsp3) is 0.462. The molecule has 1 amide bonds. The Morgan fingerprint density at radius 3 is 2.61 bits per heavy atom. The van der Waals surface area contributed by atoms with Crippen LogP contribution in [0.1, 0.15) is 31.9 Å². The molecule has 5 heteroatoms. The summed E-state index contributed by atoms with van der Waals surface area (Å²) in [6, 6.07) is 2.74. The molecular formula is C13H17F2NO2. The van der Waals surface area contributed by atoms with Crippen LogP contribution in [0.15, 0.2) is 18.2 Å². The Kier molecular flexibility index (Phi) is 5.22. The lowest BCUT2D eigenvalue weighted by Gasteiger charge is -2.19. The van der Waals surface area contributed by atoms with Gasteiger partial charge in [0, 0.05) is 18.7 Å². The maximum Gasteiger partial charge on any atom is 0.249 e. The largest absolute Gasteiger partial charge is 0.372 e. The van der Waals surface area contributed by atoms with Crippen LogP contribution in [-0.4, -0.2) is 19.1 Å². The summed E-state index contributed by atoms with van der Waals surface area (Å²) in [6.07, 6.45) is -0.0306. The van der Waals surface area contributed by atoms with E-state index in [2.05, 4.69) is 5.32 Å². The minimum Gasteiger partial charge on any atom is -0.372 e. The van der Waals surface area contributed by atoms with E-state index in [0.717, 1.165) is 12.1 Å². The van der Waals surface area contributed by atoms with Gasteiger partial charge in [-0.3, -0.25) is 4.79 Å². The molecule has 0 saturated carbocycles. The highest BCUT2D eigenvalue weighted by molar-refractivity contribution is 5.81. The van der Waals surface area contributed by atoms with Gasteiger partial charge in [0.1, 0.15) is 17.7 Å². The second-order valence-electron chi connectivity index (χ2n) is 4.03. The smallest absolute Gasteiger partial charge is 0.249 e. The number of hydrogen-bond acceptors (Lipinski definition) is 2. The van der Waals surface area contributed by atoms with Crippen molar-refractivity contribution >= 4 is 5.91 Å². The van der Waals surface area contributed by atoms with Crippen molar-refractivity contribution in [2.75, 3.05) is 7.11 Å². The van der Waals surface area contributed by atoms with Gasteiger partial charge in [0.2, 0.25) is 5.91 Å². The molecule has 1 N–H and O–H groups in total. The Bertz CT molecular complexity index is 419. The summed E-state index contributed by atoms with van der Waals surface area (Å²) in [5.74, 6) is -1.62. The first-order chi connectivity index (χ1) is 8.49. The standard InChI is InChI=1S/C13H17F2NO2/c1-4-12(18-3)13(17)16-8(2)10-6-5-9(14)7-11(10)15/h5-8,12H,4H2,1-3H3,(H,16,17)/t8-,12+/m1/s1. The molecule has 18 heavy (non-hydrogen) atoms. The minimum atomic E-state index is -0.673. The van der Waals surface area contributed by atoms with Gasteiger partial charge in [0.25, 0.3) is 0 Å². The van der Waals surface area contributed by atoms with Gasteiger partial charge in [-0.2, -0.15) is 0 Å². The lowest BCUT2D eigenvalue weighted by atomic mass is 10.1. The molecule has 1 rings (SSSR count). The minimum absolute atomic E-state index is 0.246. The molecule has 1 aromatic carbocycles. The summed E-state index contributed by atoms with van der Waals surface area (Å²) in [6.45, 7) is 3.45. The zero-order valence-electron chi connectivity index (χ0n) is 10.7. The zero-order chi connectivity index (χ0) is 13.7. The van der Waals surface area contributed by atoms with Crippen LogP contribution in [0.2, 0.25) is 0 Å². The molecule has 0 spiro atoms. The van der Waals surface area contributed by atoms with E-state index in [1.807, 2.05) is 6.92 Å². The highest BCUT2D eigenvalue weighted by atomic mass is 19.1. The Morgan fingerprint density at radius 2 is 2.11 bits per heavy atom. The van der Waals surface area contributed by atoms with Crippen molar-refractivity contribution in [3.63, 3.8) is 0 Å². The van der Waals surface area contributed by atoms with Gasteiger partial charge in [-0.15, -0.1) is 0 Å². The maximum atomic E-state index is 13.5. The molecule has 0 aliphatic rings. The predicted molar refractivity (Wildman–Crippen MR) is 64.0 cm³/mol. The number of rotatable bonds is 5. The highest BCUT2D eigenvalue weighted by Crippen LogP contribution is 2.18. The van der Waals surface area contributed by atoms with Crippen LogP contribution in [0.25, 0.3) is 0 Å². The van der Waals surface area contributed by atoms with Crippen molar-refractivity contribution in [3.05, 3.63) is 35.4 Å². The number of nitrogens with one attached hydrogen (secondary N) is 1. The third kappa shape index (κ3) is 3.50. The van der Waals surface area contributed by atoms with Crippen LogP contribution in [0.3, 0.4) is 0 Å². The molecule has 3 nitrogen and oxygen atoms in total. The molecule has 1 aromatic rings. The summed E-state index contributed by atoms with van der Waals surface area (Å²) >= 11 is 0. The molecule has 2 atom stereocenters. The van der Waals surface area contributed by atoms with Gasteiger partial charge in [-0.05, 0) is 19.4 Å². The topological polar surface area (TPSA) is 38.3 Å². The summed E-state index contributed by atoms with van der Waals surface area (Å²) < 4.78 is 31.2. The van der Waals surface area contributed by atoms with E-state index in [1.54, 1.807) is 6.92 Å². The summed E-state index contributed by atoms with van der Waals surface area (Å²) in [5, 5.41) is 2.63. The Morgan fingerprint density at radius 1 is 1.44 bits per heavy atom. The number of amides is 1. The second-order valence-corrected chi connectivity index (χ2v) is 4.03. The monoisotopic (exact) mass is 257 g/mol. The molecule has 0 heterocycles. The first-order valence-corrected chi connectivity index (χ1v) is 5.77. The summed E-state index contributed by atoms with van der Waals surface area (Å²) in [5.41, 5.74) is 0.246. The Hall–Kier alpha value is -1.49. The number of benzene rings is 1. The number of carbonyl (C=O) groups is 1. The molecule has 100 valence electrons. The summed E-state index contributed by atoms with van der Waals surface area (Å²) in [7, 11) is 1.44. The van der Waals surface area contributed by atoms with Gasteiger partial charge in [-0.1, -0.05) is 13.0 Å². The van der Waals surface area contributed by atoms with Gasteiger partial charge < -0.3 is 10.1 Å². The maximum absolute atomic E-state index is 13.5. The fourth-order valence-corrected chi connectivity index (χ4v) is 1.70. The first kappa shape index (κ1) is 14.6. The fourth-order valence-electron chi connectivity index (χ4n) is 1.70. The van der Waals surface area contributed by atoms with Crippen LogP contribution in [0.5, 0.6) is 0 Å². The number of methoxy groups -OCH3 is 1. The summed E-state index contributed by atoms with van der Waals surface area (Å²) in [4.78, 5) is 11.7. The first-order valence-electron chi connectivity index (χ1n) is 5.77. The number of hydrogen-bond donors (Lipinski definition) is 1. The lowest BCUT2D eigenvalue weighted by molar-refractivity contribution is -0.131. The third-order valence-corrected chi connectivity index (χ3v) is 2.74. The van der Waals surface area contributed by atoms with Crippen LogP contribution in [0.4, 0.5) is 8.78 Å². The average Bonchev–Trinajstić information content (AvgIpc) is 2.30. The van der Waals surface area contributed by atoms with Crippen molar-refractivity contribution in [2.24, 2.45) is 0 Å². The van der Waals surface area contributed by atoms with E-state index in [-0.39, 0.29) is 11.5 Å². The molecule has 0 saturated heterocycles. The van der Waals surface area contributed by atoms with E-state index in [9.17, 15) is 13.6 Å². The Labute approximate surface area is 105 Å². The Balaban J connectivity index is 2.76. The average molecular weight is 257 g/mol. The van der Waals surface area contributed by atoms with E-state index in [1.165, 1.54) is 13.2 Å². The van der Waals surface area contributed by atoms with Crippen LogP contribution in [0, 0.1) is 11.6 Å². The molecule has 0 radical (unpaired) electrons. The lowest BCUT2D eigenvalue weighted by Crippen LogP contribution is -2.37. The van der Waals surface area contributed by atoms with E-state index >= 15 is 0 Å². The predicted octanol–water partition coefficient (Wildman–Crippen LogP) is 2.57. The van der Waals surface area contributed by atoms with Gasteiger partial charge in [0.15, 0.2) is 0 Å². The van der Waals surface area contributed by atoms with Crippen molar-refractivity contribution in [3.8, 4) is 0 Å². The molecule has 0 aliphatic heterocycles. The number of carbonyl (C=O) groups excluding carboxylic acids is 1. The quantitative estimate of drug-likeness (QED) is 0.880. The normalized spacial score (nSPS) is 14.1. The van der Waals surface area contributed by atoms with Crippen LogP contribution < -0.4 is 5.32 Å². The van der Waals surface area contributed by atoms with Gasteiger partial charge >= 0.3 is 0 Å². The van der Waals surface area contributed by atoms with E-state index in [0.29, 0.717) is 6.42 Å². The molecule has 0 aliphatic carbocycles. The number of ether oxygens (including phenoxy) is 1. The number of halogens is 2. The van der Waals surface area contributed by atoms with Gasteiger partial charge in [-0.25, -0.2) is 8.78 Å². The SMILES string of the molecule is CC[C@H](OC)C(=O)N[C@H](C)c1ccc(F)cc1F. The van der Waals surface area contributed by atoms with E-state index in [4.69, 9.17) is 4.74 Å². The molecule has 0 bridgehead atoms. The highest BCUT2D eigenvalue weighted by Gasteiger charge is 2.19. The van der Waals surface area contributed by atoms with E-state index < -0.39 is 23.8 Å². The third-order valence-electron chi connectivity index (χ3n) is 2.74. The zero-order valence-corrected chi connectivity index (χ0v) is 10.7. The van der Waals surface area contributed by atoms with Gasteiger partial charge in [0.05, 0.1) is 6.04 Å². The van der Waals surface area contributed by atoms with Crippen LogP contribution >= 0.6 is 0 Å². The molecule has 0 fully saturated rings. The second kappa shape index (κ2) is 6.44. The van der Waals surface area contributed by atoms with Crippen LogP contribution in [-0.2, 0) is 9.53 Å². The molecule has 0 unspecified atom stereocenters. The van der Waals surface area contributed by atoms with Crippen molar-refractivity contribution < 1.29 is 18.3 Å². The van der Waals surface area contributed by atoms with Crippen molar-refractivity contribution in [1.82, 2.24) is 5.32 Å². The molecule has 0 aromatic heterocycles. The van der Waals surface area contributed by atoms with Crippen molar-refractivity contribution in [2.45, 2.75) is 32.4 Å². The van der Waals surface area contributed by atoms with Crippen molar-refractivity contribution in [1.29, 1.82) is 0 Å². The molecular weight excluding hydrogens is 240 g/mol.